The number of carboxylic acids is 1. The summed E-state index contributed by atoms with van der Waals surface area (Å²) in [6.07, 6.45) is 2.74. The predicted molar refractivity (Wildman–Crippen MR) is 101 cm³/mol. The Kier molecular flexibility index (Phi) is 5.87. The average molecular weight is 400 g/mol. The first-order valence-electron chi connectivity index (χ1n) is 8.85. The first-order valence-corrected chi connectivity index (χ1v) is 8.85. The van der Waals surface area contributed by atoms with Gasteiger partial charge in [0.15, 0.2) is 17.3 Å². The second kappa shape index (κ2) is 8.51. The number of aliphatic carboxylic acids is 1. The molecule has 0 bridgehead atoms. The van der Waals surface area contributed by atoms with Crippen LogP contribution < -0.4 is 20.1 Å². The van der Waals surface area contributed by atoms with Crippen LogP contribution in [0, 0.1) is 5.92 Å². The minimum atomic E-state index is -1.17. The summed E-state index contributed by atoms with van der Waals surface area (Å²) in [4.78, 5) is 36.6. The molecule has 2 heterocycles. The number of benzene rings is 1. The zero-order chi connectivity index (χ0) is 21.0. The maximum absolute atomic E-state index is 12.8. The van der Waals surface area contributed by atoms with E-state index in [2.05, 4.69) is 10.6 Å². The smallest absolute Gasteiger partial charge is 0.326 e. The Balaban J connectivity index is 1.89. The third-order valence-electron chi connectivity index (χ3n) is 4.16. The SMILES string of the molecule is CC(C)C(NC(=O)/C(=C\c1ccc2c(c1)OCO2)NC(=O)c1ccco1)C(=O)O. The van der Waals surface area contributed by atoms with Crippen LogP contribution in [0.2, 0.25) is 0 Å². The number of furan rings is 1. The molecule has 0 saturated heterocycles. The molecule has 2 amide bonds. The summed E-state index contributed by atoms with van der Waals surface area (Å²) in [5.41, 5.74) is 0.410. The van der Waals surface area contributed by atoms with Crippen molar-refractivity contribution in [2.24, 2.45) is 5.92 Å². The first kappa shape index (κ1) is 20.0. The van der Waals surface area contributed by atoms with Crippen molar-refractivity contribution in [3.8, 4) is 11.5 Å². The van der Waals surface area contributed by atoms with Gasteiger partial charge < -0.3 is 29.6 Å². The number of carbonyl (C=O) groups is 3. The predicted octanol–water partition coefficient (Wildman–Crippen LogP) is 2.00. The van der Waals surface area contributed by atoms with Gasteiger partial charge in [0.05, 0.1) is 6.26 Å². The Hall–Kier alpha value is -3.75. The van der Waals surface area contributed by atoms with Gasteiger partial charge in [-0.05, 0) is 41.8 Å². The number of fused-ring (bicyclic) bond motifs is 1. The van der Waals surface area contributed by atoms with E-state index in [4.69, 9.17) is 13.9 Å². The number of hydrogen-bond acceptors (Lipinski definition) is 6. The molecule has 1 atom stereocenters. The third kappa shape index (κ3) is 4.75. The van der Waals surface area contributed by atoms with Crippen LogP contribution in [0.1, 0.15) is 30.0 Å². The molecule has 9 heteroatoms. The monoisotopic (exact) mass is 400 g/mol. The van der Waals surface area contributed by atoms with Gasteiger partial charge in [0, 0.05) is 0 Å². The molecular weight excluding hydrogens is 380 g/mol. The molecule has 1 aliphatic rings. The molecule has 152 valence electrons. The molecule has 3 rings (SSSR count). The van der Waals surface area contributed by atoms with Crippen LogP contribution in [-0.2, 0) is 9.59 Å². The highest BCUT2D eigenvalue weighted by atomic mass is 16.7. The van der Waals surface area contributed by atoms with Crippen LogP contribution in [0.5, 0.6) is 11.5 Å². The van der Waals surface area contributed by atoms with Crippen molar-refractivity contribution in [3.05, 3.63) is 53.6 Å². The van der Waals surface area contributed by atoms with Gasteiger partial charge in [-0.1, -0.05) is 19.9 Å². The Bertz CT molecular complexity index is 948. The number of amides is 2. The second-order valence-corrected chi connectivity index (χ2v) is 6.64. The van der Waals surface area contributed by atoms with Gasteiger partial charge in [0.1, 0.15) is 11.7 Å². The minimum Gasteiger partial charge on any atom is -0.480 e. The van der Waals surface area contributed by atoms with Crippen molar-refractivity contribution < 1.29 is 33.4 Å². The van der Waals surface area contributed by atoms with Crippen molar-refractivity contribution >= 4 is 23.9 Å². The van der Waals surface area contributed by atoms with Crippen LogP contribution in [0.25, 0.3) is 6.08 Å². The second-order valence-electron chi connectivity index (χ2n) is 6.64. The van der Waals surface area contributed by atoms with Gasteiger partial charge >= 0.3 is 5.97 Å². The summed E-state index contributed by atoms with van der Waals surface area (Å²) in [5.74, 6) is -1.84. The fourth-order valence-electron chi connectivity index (χ4n) is 2.65. The van der Waals surface area contributed by atoms with E-state index in [1.54, 1.807) is 32.0 Å². The molecule has 0 spiro atoms. The quantitative estimate of drug-likeness (QED) is 0.607. The highest BCUT2D eigenvalue weighted by Gasteiger charge is 2.26. The van der Waals surface area contributed by atoms with Gasteiger partial charge in [-0.15, -0.1) is 0 Å². The zero-order valence-electron chi connectivity index (χ0n) is 15.8. The molecule has 1 aromatic carbocycles. The summed E-state index contributed by atoms with van der Waals surface area (Å²) in [6.45, 7) is 3.43. The molecular formula is C20H20N2O7. The average Bonchev–Trinajstić information content (AvgIpc) is 3.36. The molecule has 0 saturated carbocycles. The van der Waals surface area contributed by atoms with Crippen LogP contribution in [0.15, 0.2) is 46.7 Å². The Morgan fingerprint density at radius 2 is 1.90 bits per heavy atom. The van der Waals surface area contributed by atoms with Crippen LogP contribution in [-0.4, -0.2) is 35.7 Å². The van der Waals surface area contributed by atoms with Gasteiger partial charge in [-0.25, -0.2) is 4.79 Å². The lowest BCUT2D eigenvalue weighted by Crippen LogP contribution is -2.47. The highest BCUT2D eigenvalue weighted by molar-refractivity contribution is 6.05. The van der Waals surface area contributed by atoms with E-state index < -0.39 is 23.8 Å². The topological polar surface area (TPSA) is 127 Å². The number of ether oxygens (including phenoxy) is 2. The maximum atomic E-state index is 12.8. The molecule has 0 aliphatic carbocycles. The third-order valence-corrected chi connectivity index (χ3v) is 4.16. The lowest BCUT2D eigenvalue weighted by molar-refractivity contribution is -0.142. The molecule has 2 aromatic rings. The van der Waals surface area contributed by atoms with Crippen molar-refractivity contribution in [2.45, 2.75) is 19.9 Å². The van der Waals surface area contributed by atoms with Crippen LogP contribution in [0.3, 0.4) is 0 Å². The van der Waals surface area contributed by atoms with Gasteiger partial charge in [-0.3, -0.25) is 9.59 Å². The van der Waals surface area contributed by atoms with E-state index in [9.17, 15) is 19.5 Å². The minimum absolute atomic E-state index is 0.00744. The van der Waals surface area contributed by atoms with Gasteiger partial charge in [0.2, 0.25) is 6.79 Å². The van der Waals surface area contributed by atoms with Crippen LogP contribution in [0.4, 0.5) is 0 Å². The van der Waals surface area contributed by atoms with Crippen LogP contribution >= 0.6 is 0 Å². The standard InChI is InChI=1S/C20H20N2O7/c1-11(2)17(20(25)26)22-18(23)13(21-19(24)15-4-3-7-27-15)8-12-5-6-14-16(9-12)29-10-28-14/h3-9,11,17H,10H2,1-2H3,(H,21,24)(H,22,23)(H,25,26)/b13-8+. The molecule has 9 nitrogen and oxygen atoms in total. The maximum Gasteiger partial charge on any atom is 0.326 e. The van der Waals surface area contributed by atoms with Crippen molar-refractivity contribution in [1.29, 1.82) is 0 Å². The van der Waals surface area contributed by atoms with E-state index in [0.29, 0.717) is 17.1 Å². The zero-order valence-corrected chi connectivity index (χ0v) is 15.8. The molecule has 3 N–H and O–H groups in total. The fraction of sp³-hybridized carbons (Fsp3) is 0.250. The largest absolute Gasteiger partial charge is 0.480 e. The lowest BCUT2D eigenvalue weighted by atomic mass is 10.0. The van der Waals surface area contributed by atoms with E-state index in [1.807, 2.05) is 0 Å². The fourth-order valence-corrected chi connectivity index (χ4v) is 2.65. The normalized spacial score (nSPS) is 13.8. The van der Waals surface area contributed by atoms with Gasteiger partial charge in [-0.2, -0.15) is 0 Å². The Labute approximate surface area is 166 Å². The Morgan fingerprint density at radius 1 is 1.14 bits per heavy atom. The summed E-state index contributed by atoms with van der Waals surface area (Å²) < 4.78 is 15.6. The summed E-state index contributed by atoms with van der Waals surface area (Å²) in [6, 6.07) is 6.85. The molecule has 1 aliphatic heterocycles. The van der Waals surface area contributed by atoms with E-state index in [1.165, 1.54) is 24.5 Å². The number of carboxylic acid groups (broad SMARTS) is 1. The lowest BCUT2D eigenvalue weighted by Gasteiger charge is -2.19. The molecule has 0 fully saturated rings. The van der Waals surface area contributed by atoms with Crippen molar-refractivity contribution in [1.82, 2.24) is 10.6 Å². The number of nitrogens with one attached hydrogen (secondary N) is 2. The van der Waals surface area contributed by atoms with Crippen molar-refractivity contribution in [3.63, 3.8) is 0 Å². The molecule has 0 radical (unpaired) electrons. The van der Waals surface area contributed by atoms with Crippen molar-refractivity contribution in [2.75, 3.05) is 6.79 Å². The summed E-state index contributed by atoms with van der Waals surface area (Å²) >= 11 is 0. The molecule has 29 heavy (non-hydrogen) atoms. The Morgan fingerprint density at radius 3 is 2.55 bits per heavy atom. The van der Waals surface area contributed by atoms with E-state index in [-0.39, 0.29) is 24.2 Å². The number of hydrogen-bond donors (Lipinski definition) is 3. The first-order chi connectivity index (χ1) is 13.8. The molecule has 1 aromatic heterocycles. The summed E-state index contributed by atoms with van der Waals surface area (Å²) in [5, 5.41) is 14.2. The number of rotatable bonds is 7. The van der Waals surface area contributed by atoms with Gasteiger partial charge in [0.25, 0.3) is 11.8 Å². The molecule has 1 unspecified atom stereocenters. The summed E-state index contributed by atoms with van der Waals surface area (Å²) in [7, 11) is 0. The highest BCUT2D eigenvalue weighted by Crippen LogP contribution is 2.33. The van der Waals surface area contributed by atoms with E-state index >= 15 is 0 Å². The number of carbonyl (C=O) groups excluding carboxylic acids is 2. The van der Waals surface area contributed by atoms with E-state index in [0.717, 1.165) is 0 Å².